The molecule has 0 aliphatic carbocycles. The molecule has 0 amide bonds. The zero-order valence-corrected chi connectivity index (χ0v) is 32.2. The second-order valence-corrected chi connectivity index (χ2v) is 17.2. The van der Waals surface area contributed by atoms with Gasteiger partial charge in [-0.05, 0) is 105 Å². The molecule has 0 saturated heterocycles. The van der Waals surface area contributed by atoms with E-state index < -0.39 is 0 Å². The number of nitrogens with zero attached hydrogens (tertiary/aromatic N) is 3. The fourth-order valence-corrected chi connectivity index (χ4v) is 9.59. The molecule has 6 aromatic carbocycles. The number of hydrogen-bond acceptors (Lipinski definition) is 4. The molecule has 9 rings (SSSR count). The highest BCUT2D eigenvalue weighted by Crippen LogP contribution is 2.50. The first-order chi connectivity index (χ1) is 25.6. The molecule has 2 aliphatic heterocycles. The lowest BCUT2D eigenvalue weighted by Gasteiger charge is -2.44. The van der Waals surface area contributed by atoms with E-state index in [1.807, 2.05) is 11.3 Å². The van der Waals surface area contributed by atoms with Gasteiger partial charge >= 0.3 is 0 Å². The van der Waals surface area contributed by atoms with Crippen LogP contribution >= 0.6 is 11.3 Å². The van der Waals surface area contributed by atoms with Gasteiger partial charge in [0.25, 0.3) is 6.71 Å². The van der Waals surface area contributed by atoms with Crippen molar-refractivity contribution in [2.75, 3.05) is 14.7 Å². The van der Waals surface area contributed by atoms with Gasteiger partial charge in [-0.3, -0.25) is 0 Å². The third-order valence-electron chi connectivity index (χ3n) is 10.8. The molecule has 0 unspecified atom stereocenters. The summed E-state index contributed by atoms with van der Waals surface area (Å²) in [5.41, 5.74) is 16.0. The first-order valence-corrected chi connectivity index (χ1v) is 19.5. The standard InChI is InChI=1S/C48H44BN3S/c1-47(2,3)33-26-28-37(29-27-33)52-43-31-38(50(34-18-10-7-11-19-34)35-20-12-8-13-21-35)30-42-44(43)49(46-45(52)39(32-53-46)48(4,5)6)40-24-16-17-25-41(40)51(42)36-22-14-9-15-23-36/h7-32H,1-6H3. The second-order valence-electron chi connectivity index (χ2n) is 16.3. The molecule has 0 spiro atoms. The quantitative estimate of drug-likeness (QED) is 0.165. The zero-order chi connectivity index (χ0) is 36.5. The lowest BCUT2D eigenvalue weighted by Crippen LogP contribution is -2.60. The molecule has 260 valence electrons. The summed E-state index contributed by atoms with van der Waals surface area (Å²) in [5, 5.41) is 2.43. The highest BCUT2D eigenvalue weighted by atomic mass is 32.1. The first-order valence-electron chi connectivity index (χ1n) is 18.6. The molecule has 2 aliphatic rings. The summed E-state index contributed by atoms with van der Waals surface area (Å²) < 4.78 is 1.40. The monoisotopic (exact) mass is 705 g/mol. The number of anilines is 9. The molecule has 0 saturated carbocycles. The van der Waals surface area contributed by atoms with E-state index in [0.29, 0.717) is 0 Å². The van der Waals surface area contributed by atoms with Gasteiger partial charge in [-0.2, -0.15) is 11.3 Å². The summed E-state index contributed by atoms with van der Waals surface area (Å²) in [6.07, 6.45) is 0. The van der Waals surface area contributed by atoms with Gasteiger partial charge in [-0.15, -0.1) is 0 Å². The highest BCUT2D eigenvalue weighted by Gasteiger charge is 2.46. The van der Waals surface area contributed by atoms with Crippen molar-refractivity contribution in [3.8, 4) is 0 Å². The molecule has 0 atom stereocenters. The highest BCUT2D eigenvalue weighted by molar-refractivity contribution is 7.28. The number of thiophene rings is 1. The summed E-state index contributed by atoms with van der Waals surface area (Å²) >= 11 is 1.92. The van der Waals surface area contributed by atoms with Crippen molar-refractivity contribution in [2.45, 2.75) is 52.4 Å². The van der Waals surface area contributed by atoms with Crippen LogP contribution in [0.25, 0.3) is 0 Å². The normalized spacial score (nSPS) is 13.4. The van der Waals surface area contributed by atoms with Gasteiger partial charge in [-0.1, -0.05) is 126 Å². The van der Waals surface area contributed by atoms with Gasteiger partial charge in [0.2, 0.25) is 0 Å². The average molecular weight is 706 g/mol. The second kappa shape index (κ2) is 12.6. The predicted molar refractivity (Wildman–Crippen MR) is 230 cm³/mol. The molecule has 0 N–H and O–H groups in total. The van der Waals surface area contributed by atoms with Gasteiger partial charge < -0.3 is 14.7 Å². The Labute approximate surface area is 318 Å². The molecule has 3 heterocycles. The largest absolute Gasteiger partial charge is 0.311 e. The van der Waals surface area contributed by atoms with Gasteiger partial charge in [0.05, 0.1) is 11.4 Å². The number of rotatable bonds is 5. The maximum absolute atomic E-state index is 2.59. The fraction of sp³-hybridized carbons (Fsp3) is 0.167. The van der Waals surface area contributed by atoms with E-state index >= 15 is 0 Å². The van der Waals surface area contributed by atoms with Crippen LogP contribution in [0.5, 0.6) is 0 Å². The molecule has 53 heavy (non-hydrogen) atoms. The average Bonchev–Trinajstić information content (AvgIpc) is 3.62. The molecule has 0 radical (unpaired) electrons. The van der Waals surface area contributed by atoms with Crippen LogP contribution in [-0.4, -0.2) is 6.71 Å². The lowest BCUT2D eigenvalue weighted by atomic mass is 9.36. The molecule has 0 fully saturated rings. The Morgan fingerprint density at radius 1 is 0.509 bits per heavy atom. The van der Waals surface area contributed by atoms with E-state index in [-0.39, 0.29) is 17.5 Å². The molecule has 1 aromatic heterocycles. The van der Waals surface area contributed by atoms with Gasteiger partial charge in [0.15, 0.2) is 0 Å². The SMILES string of the molecule is CC(C)(C)c1ccc(N2c3cc(N(c4ccccc4)c4ccccc4)cc4c3B(c3ccccc3N4c3ccccc3)c3scc(C(C)(C)C)c32)cc1. The minimum absolute atomic E-state index is 0.0560. The van der Waals surface area contributed by atoms with Crippen molar-refractivity contribution in [1.82, 2.24) is 0 Å². The molecular formula is C48H44BN3S. The van der Waals surface area contributed by atoms with Gasteiger partial charge in [0, 0.05) is 44.6 Å². The maximum atomic E-state index is 2.59. The van der Waals surface area contributed by atoms with Crippen molar-refractivity contribution in [1.29, 1.82) is 0 Å². The van der Waals surface area contributed by atoms with Crippen molar-refractivity contribution in [3.63, 3.8) is 0 Å². The Balaban J connectivity index is 1.41. The van der Waals surface area contributed by atoms with Crippen LogP contribution in [-0.2, 0) is 10.8 Å². The molecule has 0 bridgehead atoms. The summed E-state index contributed by atoms with van der Waals surface area (Å²) in [6.45, 7) is 14.0. The van der Waals surface area contributed by atoms with Crippen LogP contribution in [0.2, 0.25) is 0 Å². The Morgan fingerprint density at radius 3 is 1.62 bits per heavy atom. The smallest absolute Gasteiger partial charge is 0.264 e. The lowest BCUT2D eigenvalue weighted by molar-refractivity contribution is 0.590. The first kappa shape index (κ1) is 33.3. The van der Waals surface area contributed by atoms with E-state index in [9.17, 15) is 0 Å². The van der Waals surface area contributed by atoms with Crippen LogP contribution in [0.15, 0.2) is 157 Å². The molecule has 5 heteroatoms. The Morgan fingerprint density at radius 2 is 1.04 bits per heavy atom. The molecule has 3 nitrogen and oxygen atoms in total. The van der Waals surface area contributed by atoms with Crippen LogP contribution < -0.4 is 30.4 Å². The maximum Gasteiger partial charge on any atom is 0.264 e. The van der Waals surface area contributed by atoms with Gasteiger partial charge in [0.1, 0.15) is 0 Å². The topological polar surface area (TPSA) is 9.72 Å². The third kappa shape index (κ3) is 5.57. The summed E-state index contributed by atoms with van der Waals surface area (Å²) in [6, 6.07) is 55.7. The summed E-state index contributed by atoms with van der Waals surface area (Å²) in [7, 11) is 0. The number of para-hydroxylation sites is 4. The van der Waals surface area contributed by atoms with Crippen LogP contribution in [0, 0.1) is 0 Å². The van der Waals surface area contributed by atoms with Gasteiger partial charge in [-0.25, -0.2) is 0 Å². The van der Waals surface area contributed by atoms with Crippen molar-refractivity contribution in [2.24, 2.45) is 0 Å². The summed E-state index contributed by atoms with van der Waals surface area (Å²) in [4.78, 5) is 7.49. The Hall–Kier alpha value is -5.52. The minimum atomic E-state index is -0.0595. The third-order valence-corrected chi connectivity index (χ3v) is 11.8. The molecular weight excluding hydrogens is 661 g/mol. The van der Waals surface area contributed by atoms with E-state index in [1.54, 1.807) is 0 Å². The number of hydrogen-bond donors (Lipinski definition) is 0. The minimum Gasteiger partial charge on any atom is -0.311 e. The summed E-state index contributed by atoms with van der Waals surface area (Å²) in [5.74, 6) is 0. The Bertz CT molecular complexity index is 2380. The van der Waals surface area contributed by atoms with Crippen molar-refractivity contribution >= 4 is 84.9 Å². The number of fused-ring (bicyclic) bond motifs is 4. The zero-order valence-electron chi connectivity index (χ0n) is 31.3. The van der Waals surface area contributed by atoms with E-state index in [0.717, 1.165) is 22.7 Å². The van der Waals surface area contributed by atoms with Crippen LogP contribution in [0.1, 0.15) is 52.7 Å². The predicted octanol–water partition coefficient (Wildman–Crippen LogP) is 11.9. The van der Waals surface area contributed by atoms with Crippen LogP contribution in [0.4, 0.5) is 51.2 Å². The van der Waals surface area contributed by atoms with Crippen molar-refractivity contribution in [3.05, 3.63) is 168 Å². The van der Waals surface area contributed by atoms with Crippen LogP contribution in [0.3, 0.4) is 0 Å². The van der Waals surface area contributed by atoms with E-state index in [1.165, 1.54) is 55.3 Å². The molecule has 7 aromatic rings. The van der Waals surface area contributed by atoms with E-state index in [2.05, 4.69) is 213 Å². The fourth-order valence-electron chi connectivity index (χ4n) is 8.19. The van der Waals surface area contributed by atoms with E-state index in [4.69, 9.17) is 0 Å². The Kier molecular flexibility index (Phi) is 7.90. The van der Waals surface area contributed by atoms with Crippen molar-refractivity contribution < 1.29 is 0 Å². The number of benzene rings is 6.